The topological polar surface area (TPSA) is 62.8 Å². The average molecular weight is 389 g/mol. The molecule has 0 aliphatic carbocycles. The fourth-order valence-corrected chi connectivity index (χ4v) is 2.82. The van der Waals surface area contributed by atoms with Crippen LogP contribution in [0.5, 0.6) is 11.5 Å². The zero-order chi connectivity index (χ0) is 20.4. The highest BCUT2D eigenvalue weighted by atomic mass is 19.1. The summed E-state index contributed by atoms with van der Waals surface area (Å²) in [4.78, 5) is 13.7. The second-order valence-electron chi connectivity index (χ2n) is 6.35. The lowest BCUT2D eigenvalue weighted by atomic mass is 10.1. The van der Waals surface area contributed by atoms with Crippen molar-refractivity contribution in [3.05, 3.63) is 53.8 Å². The smallest absolute Gasteiger partial charge is 0.314 e. The van der Waals surface area contributed by atoms with Crippen molar-refractivity contribution in [3.8, 4) is 11.5 Å². The van der Waals surface area contributed by atoms with Crippen molar-refractivity contribution in [2.24, 2.45) is 0 Å². The van der Waals surface area contributed by atoms with Gasteiger partial charge in [0.1, 0.15) is 5.82 Å². The molecule has 2 amide bonds. The van der Waals surface area contributed by atoms with Crippen molar-refractivity contribution >= 4 is 11.7 Å². The number of urea groups is 1. The number of hydrogen-bond acceptors (Lipinski definition) is 4. The first-order chi connectivity index (χ1) is 13.5. The van der Waals surface area contributed by atoms with Crippen LogP contribution in [0.25, 0.3) is 0 Å². The normalized spacial score (nSPS) is 10.3. The van der Waals surface area contributed by atoms with Gasteiger partial charge in [-0.05, 0) is 42.7 Å². The maximum atomic E-state index is 13.7. The Bertz CT molecular complexity index is 770. The number of para-hydroxylation sites is 1. The average Bonchev–Trinajstić information content (AvgIpc) is 2.71. The van der Waals surface area contributed by atoms with Crippen LogP contribution in [0.3, 0.4) is 0 Å². The molecule has 2 rings (SSSR count). The minimum absolute atomic E-state index is 0.214. The summed E-state index contributed by atoms with van der Waals surface area (Å²) in [7, 11) is 5.02. The summed E-state index contributed by atoms with van der Waals surface area (Å²) in [6, 6.07) is 12.1. The van der Waals surface area contributed by atoms with Gasteiger partial charge >= 0.3 is 6.03 Å². The second kappa shape index (κ2) is 11.0. The molecule has 6 nitrogen and oxygen atoms in total. The van der Waals surface area contributed by atoms with Crippen LogP contribution in [-0.2, 0) is 6.42 Å². The molecule has 0 aliphatic rings. The maximum absolute atomic E-state index is 13.7. The van der Waals surface area contributed by atoms with Crippen LogP contribution in [0.1, 0.15) is 12.0 Å². The first-order valence-corrected chi connectivity index (χ1v) is 9.23. The Morgan fingerprint density at radius 2 is 1.75 bits per heavy atom. The molecule has 28 heavy (non-hydrogen) atoms. The molecule has 2 aromatic carbocycles. The van der Waals surface area contributed by atoms with Crippen LogP contribution in [0.2, 0.25) is 0 Å². The largest absolute Gasteiger partial charge is 0.493 e. The SMILES string of the molecule is COc1ccc(CCNC(=O)NCCCN(C)c2ccccc2F)cc1OC. The lowest BCUT2D eigenvalue weighted by molar-refractivity contribution is 0.241. The molecule has 0 atom stereocenters. The molecular formula is C21H28FN3O3. The van der Waals surface area contributed by atoms with Crippen molar-refractivity contribution in [2.75, 3.05) is 45.8 Å². The van der Waals surface area contributed by atoms with Gasteiger partial charge in [-0.1, -0.05) is 18.2 Å². The van der Waals surface area contributed by atoms with Crippen LogP contribution >= 0.6 is 0 Å². The van der Waals surface area contributed by atoms with Gasteiger partial charge in [-0.2, -0.15) is 0 Å². The number of methoxy groups -OCH3 is 2. The Balaban J connectivity index is 1.64. The summed E-state index contributed by atoms with van der Waals surface area (Å²) >= 11 is 0. The fourth-order valence-electron chi connectivity index (χ4n) is 2.82. The van der Waals surface area contributed by atoms with Gasteiger partial charge in [0.25, 0.3) is 0 Å². The third kappa shape index (κ3) is 6.33. The highest BCUT2D eigenvalue weighted by Crippen LogP contribution is 2.27. The van der Waals surface area contributed by atoms with E-state index in [1.807, 2.05) is 30.1 Å². The molecule has 7 heteroatoms. The van der Waals surface area contributed by atoms with E-state index in [0.717, 1.165) is 5.56 Å². The summed E-state index contributed by atoms with van der Waals surface area (Å²) in [5, 5.41) is 5.65. The molecule has 0 radical (unpaired) electrons. The Morgan fingerprint density at radius 3 is 2.46 bits per heavy atom. The molecule has 2 N–H and O–H groups in total. The van der Waals surface area contributed by atoms with E-state index in [4.69, 9.17) is 9.47 Å². The molecule has 0 aliphatic heterocycles. The van der Waals surface area contributed by atoms with E-state index >= 15 is 0 Å². The van der Waals surface area contributed by atoms with Crippen LogP contribution in [0, 0.1) is 5.82 Å². The van der Waals surface area contributed by atoms with Gasteiger partial charge < -0.3 is 25.0 Å². The van der Waals surface area contributed by atoms with E-state index in [-0.39, 0.29) is 11.8 Å². The number of amides is 2. The third-order valence-electron chi connectivity index (χ3n) is 4.37. The van der Waals surface area contributed by atoms with Crippen LogP contribution in [0.4, 0.5) is 14.9 Å². The first-order valence-electron chi connectivity index (χ1n) is 9.23. The van der Waals surface area contributed by atoms with Gasteiger partial charge in [-0.25, -0.2) is 9.18 Å². The number of benzene rings is 2. The predicted molar refractivity (Wildman–Crippen MR) is 109 cm³/mol. The molecule has 0 unspecified atom stereocenters. The molecule has 0 saturated heterocycles. The Labute approximate surface area is 165 Å². The molecule has 0 heterocycles. The lowest BCUT2D eigenvalue weighted by Gasteiger charge is -2.19. The van der Waals surface area contributed by atoms with Crippen molar-refractivity contribution in [3.63, 3.8) is 0 Å². The van der Waals surface area contributed by atoms with E-state index in [0.29, 0.717) is 49.7 Å². The molecule has 152 valence electrons. The molecular weight excluding hydrogens is 361 g/mol. The highest BCUT2D eigenvalue weighted by molar-refractivity contribution is 5.73. The molecule has 0 spiro atoms. The molecule has 0 saturated carbocycles. The lowest BCUT2D eigenvalue weighted by Crippen LogP contribution is -2.38. The van der Waals surface area contributed by atoms with Gasteiger partial charge in [0, 0.05) is 26.7 Å². The van der Waals surface area contributed by atoms with Gasteiger partial charge in [-0.3, -0.25) is 0 Å². The minimum atomic E-state index is -0.245. The number of rotatable bonds is 10. The maximum Gasteiger partial charge on any atom is 0.314 e. The number of halogens is 1. The molecule has 2 aromatic rings. The first kappa shape index (κ1) is 21.3. The second-order valence-corrected chi connectivity index (χ2v) is 6.35. The summed E-state index contributed by atoms with van der Waals surface area (Å²) in [6.45, 7) is 1.67. The number of nitrogens with zero attached hydrogens (tertiary/aromatic N) is 1. The van der Waals surface area contributed by atoms with Crippen molar-refractivity contribution in [1.82, 2.24) is 10.6 Å². The summed E-state index contributed by atoms with van der Waals surface area (Å²) in [6.07, 6.45) is 1.40. The number of carbonyl (C=O) groups excluding carboxylic acids is 1. The van der Waals surface area contributed by atoms with Crippen LogP contribution < -0.4 is 25.0 Å². The number of carbonyl (C=O) groups is 1. The Kier molecular flexibility index (Phi) is 8.39. The van der Waals surface area contributed by atoms with Gasteiger partial charge in [-0.15, -0.1) is 0 Å². The van der Waals surface area contributed by atoms with Crippen LogP contribution in [0.15, 0.2) is 42.5 Å². The molecule has 0 fully saturated rings. The minimum Gasteiger partial charge on any atom is -0.493 e. The predicted octanol–water partition coefficient (Wildman–Crippen LogP) is 3.21. The molecule has 0 aromatic heterocycles. The van der Waals surface area contributed by atoms with E-state index in [1.54, 1.807) is 32.4 Å². The quantitative estimate of drug-likeness (QED) is 0.613. The summed E-state index contributed by atoms with van der Waals surface area (Å²) in [5.74, 6) is 1.10. The van der Waals surface area contributed by atoms with Crippen molar-refractivity contribution < 1.29 is 18.7 Å². The zero-order valence-corrected chi connectivity index (χ0v) is 16.6. The van der Waals surface area contributed by atoms with Gasteiger partial charge in [0.2, 0.25) is 0 Å². The van der Waals surface area contributed by atoms with Gasteiger partial charge in [0.15, 0.2) is 11.5 Å². The van der Waals surface area contributed by atoms with Crippen LogP contribution in [-0.4, -0.2) is 46.9 Å². The Hall–Kier alpha value is -2.96. The standard InChI is InChI=1S/C21H28FN3O3/c1-25(18-8-5-4-7-17(18)22)14-6-12-23-21(26)24-13-11-16-9-10-19(27-2)20(15-16)28-3/h4-5,7-10,15H,6,11-14H2,1-3H3,(H2,23,24,26). The van der Waals surface area contributed by atoms with E-state index < -0.39 is 0 Å². The summed E-state index contributed by atoms with van der Waals surface area (Å²) in [5.41, 5.74) is 1.60. The zero-order valence-electron chi connectivity index (χ0n) is 16.6. The fraction of sp³-hybridized carbons (Fsp3) is 0.381. The number of anilines is 1. The monoisotopic (exact) mass is 389 g/mol. The summed E-state index contributed by atoms with van der Waals surface area (Å²) < 4.78 is 24.2. The van der Waals surface area contributed by atoms with E-state index in [9.17, 15) is 9.18 Å². The van der Waals surface area contributed by atoms with E-state index in [1.165, 1.54) is 6.07 Å². The van der Waals surface area contributed by atoms with Crippen molar-refractivity contribution in [2.45, 2.75) is 12.8 Å². The van der Waals surface area contributed by atoms with Gasteiger partial charge in [0.05, 0.1) is 19.9 Å². The number of ether oxygens (including phenoxy) is 2. The van der Waals surface area contributed by atoms with E-state index in [2.05, 4.69) is 10.6 Å². The molecule has 0 bridgehead atoms. The number of nitrogens with one attached hydrogen (secondary N) is 2. The third-order valence-corrected chi connectivity index (χ3v) is 4.37. The number of hydrogen-bond donors (Lipinski definition) is 2. The van der Waals surface area contributed by atoms with Crippen molar-refractivity contribution in [1.29, 1.82) is 0 Å². The highest BCUT2D eigenvalue weighted by Gasteiger charge is 2.07. The Morgan fingerprint density at radius 1 is 1.04 bits per heavy atom.